The Morgan fingerprint density at radius 1 is 1.29 bits per heavy atom. The van der Waals surface area contributed by atoms with Crippen LogP contribution in [0.15, 0.2) is 29.2 Å². The topological polar surface area (TPSA) is 72.2 Å². The highest BCUT2D eigenvalue weighted by atomic mass is 32.2. The molecule has 1 rings (SSSR count). The zero-order valence-electron chi connectivity index (χ0n) is 7.61. The first-order valence-corrected chi connectivity index (χ1v) is 5.11. The largest absolute Gasteiger partial charge is 0.361 e. The predicted octanol–water partition coefficient (Wildman–Crippen LogP) is 0.832. The van der Waals surface area contributed by atoms with Crippen LogP contribution in [-0.4, -0.2) is 18.1 Å². The fraction of sp³-hybridized carbons (Fsp3) is 0.111. The molecule has 0 aromatic heterocycles. The maximum absolute atomic E-state index is 10.9. The van der Waals surface area contributed by atoms with E-state index >= 15 is 0 Å². The van der Waals surface area contributed by atoms with E-state index in [-0.39, 0.29) is 0 Å². The van der Waals surface area contributed by atoms with Crippen LogP contribution in [0.4, 0.5) is 5.69 Å². The molecule has 1 aromatic rings. The fourth-order valence-corrected chi connectivity index (χ4v) is 1.28. The van der Waals surface area contributed by atoms with E-state index in [1.807, 2.05) is 18.4 Å². The van der Waals surface area contributed by atoms with Gasteiger partial charge in [0.15, 0.2) is 0 Å². The maximum atomic E-state index is 10.9. The van der Waals surface area contributed by atoms with Crippen molar-refractivity contribution in [3.8, 4) is 0 Å². The molecule has 5 heteroatoms. The zero-order valence-corrected chi connectivity index (χ0v) is 8.43. The van der Waals surface area contributed by atoms with Crippen molar-refractivity contribution in [2.75, 3.05) is 11.6 Å². The summed E-state index contributed by atoms with van der Waals surface area (Å²) in [5.41, 5.74) is 5.35. The molecule has 2 amide bonds. The summed E-state index contributed by atoms with van der Waals surface area (Å²) in [6, 6.07) is 7.13. The van der Waals surface area contributed by atoms with Gasteiger partial charge in [0.25, 0.3) is 0 Å². The number of carbonyl (C=O) groups is 2. The Bertz CT molecular complexity index is 348. The van der Waals surface area contributed by atoms with Crippen molar-refractivity contribution in [3.63, 3.8) is 0 Å². The van der Waals surface area contributed by atoms with Crippen molar-refractivity contribution >= 4 is 29.3 Å². The van der Waals surface area contributed by atoms with Gasteiger partial charge < -0.3 is 11.1 Å². The summed E-state index contributed by atoms with van der Waals surface area (Å²) >= 11 is 1.60. The van der Waals surface area contributed by atoms with Gasteiger partial charge in [0, 0.05) is 10.6 Å². The van der Waals surface area contributed by atoms with Crippen LogP contribution in [0.25, 0.3) is 0 Å². The average Bonchev–Trinajstić information content (AvgIpc) is 2.19. The highest BCUT2D eigenvalue weighted by Crippen LogP contribution is 2.17. The average molecular weight is 210 g/mol. The molecule has 4 nitrogen and oxygen atoms in total. The second kappa shape index (κ2) is 4.66. The molecule has 0 atom stereocenters. The van der Waals surface area contributed by atoms with Gasteiger partial charge in [0.1, 0.15) is 0 Å². The Morgan fingerprint density at radius 3 is 2.29 bits per heavy atom. The normalized spacial score (nSPS) is 9.50. The molecule has 0 aliphatic rings. The number of hydrogen-bond acceptors (Lipinski definition) is 3. The zero-order chi connectivity index (χ0) is 10.6. The second-order valence-electron chi connectivity index (χ2n) is 2.55. The van der Waals surface area contributed by atoms with E-state index in [1.165, 1.54) is 0 Å². The number of anilines is 1. The van der Waals surface area contributed by atoms with Crippen molar-refractivity contribution in [2.24, 2.45) is 5.73 Å². The van der Waals surface area contributed by atoms with Crippen molar-refractivity contribution in [2.45, 2.75) is 4.90 Å². The second-order valence-corrected chi connectivity index (χ2v) is 3.43. The summed E-state index contributed by atoms with van der Waals surface area (Å²) in [6.07, 6.45) is 1.96. The third-order valence-corrected chi connectivity index (χ3v) is 2.32. The molecular weight excluding hydrogens is 200 g/mol. The Labute approximate surface area is 85.9 Å². The molecule has 0 bridgehead atoms. The Balaban J connectivity index is 2.69. The monoisotopic (exact) mass is 210 g/mol. The maximum Gasteiger partial charge on any atom is 0.313 e. The number of rotatable bonds is 2. The molecular formula is C9H10N2O2S. The quantitative estimate of drug-likeness (QED) is 0.561. The minimum absolute atomic E-state index is 0.562. The third-order valence-electron chi connectivity index (χ3n) is 1.57. The smallest absolute Gasteiger partial charge is 0.313 e. The first kappa shape index (κ1) is 10.6. The molecule has 3 N–H and O–H groups in total. The first-order chi connectivity index (χ1) is 6.63. The highest BCUT2D eigenvalue weighted by molar-refractivity contribution is 7.98. The molecule has 0 saturated carbocycles. The van der Waals surface area contributed by atoms with E-state index in [2.05, 4.69) is 5.32 Å². The molecule has 0 saturated heterocycles. The van der Waals surface area contributed by atoms with Crippen molar-refractivity contribution in [3.05, 3.63) is 24.3 Å². The van der Waals surface area contributed by atoms with Gasteiger partial charge in [0.05, 0.1) is 0 Å². The van der Waals surface area contributed by atoms with Gasteiger partial charge >= 0.3 is 11.8 Å². The SMILES string of the molecule is CSc1ccc(NC(=O)C(N)=O)cc1. The predicted molar refractivity (Wildman–Crippen MR) is 56.0 cm³/mol. The standard InChI is InChI=1S/C9H10N2O2S/c1-14-7-4-2-6(3-5-7)11-9(13)8(10)12/h2-5H,1H3,(H2,10,12)(H,11,13). The lowest BCUT2D eigenvalue weighted by atomic mass is 10.3. The number of hydrogen-bond donors (Lipinski definition) is 2. The lowest BCUT2D eigenvalue weighted by molar-refractivity contribution is -0.134. The molecule has 0 fully saturated rings. The van der Waals surface area contributed by atoms with Gasteiger partial charge in [0.2, 0.25) is 0 Å². The van der Waals surface area contributed by atoms with Gasteiger partial charge in [-0.2, -0.15) is 0 Å². The minimum Gasteiger partial charge on any atom is -0.361 e. The van der Waals surface area contributed by atoms with Gasteiger partial charge in [-0.25, -0.2) is 0 Å². The van der Waals surface area contributed by atoms with Crippen LogP contribution in [0.5, 0.6) is 0 Å². The highest BCUT2D eigenvalue weighted by Gasteiger charge is 2.07. The van der Waals surface area contributed by atoms with Crippen LogP contribution < -0.4 is 11.1 Å². The third kappa shape index (κ3) is 2.77. The van der Waals surface area contributed by atoms with Gasteiger partial charge in [-0.1, -0.05) is 0 Å². The van der Waals surface area contributed by atoms with Crippen molar-refractivity contribution in [1.82, 2.24) is 0 Å². The Kier molecular flexibility index (Phi) is 3.53. The van der Waals surface area contributed by atoms with Gasteiger partial charge in [-0.15, -0.1) is 11.8 Å². The molecule has 74 valence electrons. The van der Waals surface area contributed by atoms with Crippen molar-refractivity contribution in [1.29, 1.82) is 0 Å². The number of thioether (sulfide) groups is 1. The van der Waals surface area contributed by atoms with E-state index in [4.69, 9.17) is 5.73 Å². The molecule has 0 unspecified atom stereocenters. The summed E-state index contributed by atoms with van der Waals surface area (Å²) in [5, 5.41) is 2.37. The van der Waals surface area contributed by atoms with Crippen LogP contribution in [0.3, 0.4) is 0 Å². The lowest BCUT2D eigenvalue weighted by Gasteiger charge is -2.02. The number of nitrogens with two attached hydrogens (primary N) is 1. The van der Waals surface area contributed by atoms with E-state index in [1.54, 1.807) is 23.9 Å². The molecule has 0 aliphatic carbocycles. The van der Waals surface area contributed by atoms with E-state index < -0.39 is 11.8 Å². The number of nitrogens with one attached hydrogen (secondary N) is 1. The molecule has 0 spiro atoms. The molecule has 0 heterocycles. The first-order valence-electron chi connectivity index (χ1n) is 3.88. The van der Waals surface area contributed by atoms with Gasteiger partial charge in [-0.3, -0.25) is 9.59 Å². The number of amides is 2. The molecule has 14 heavy (non-hydrogen) atoms. The summed E-state index contributed by atoms with van der Waals surface area (Å²) < 4.78 is 0. The van der Waals surface area contributed by atoms with E-state index in [0.29, 0.717) is 5.69 Å². The number of carbonyl (C=O) groups excluding carboxylic acids is 2. The summed E-state index contributed by atoms with van der Waals surface area (Å²) in [6.45, 7) is 0. The van der Waals surface area contributed by atoms with Crippen molar-refractivity contribution < 1.29 is 9.59 Å². The lowest BCUT2D eigenvalue weighted by Crippen LogP contribution is -2.29. The summed E-state index contributed by atoms with van der Waals surface area (Å²) in [5.74, 6) is -1.79. The number of benzene rings is 1. The van der Waals surface area contributed by atoms with Crippen LogP contribution in [0, 0.1) is 0 Å². The molecule has 1 aromatic carbocycles. The van der Waals surface area contributed by atoms with Gasteiger partial charge in [-0.05, 0) is 30.5 Å². The summed E-state index contributed by atoms with van der Waals surface area (Å²) in [7, 11) is 0. The Morgan fingerprint density at radius 2 is 1.86 bits per heavy atom. The summed E-state index contributed by atoms with van der Waals surface area (Å²) in [4.78, 5) is 22.4. The Hall–Kier alpha value is -1.49. The van der Waals surface area contributed by atoms with Crippen LogP contribution in [0.2, 0.25) is 0 Å². The van der Waals surface area contributed by atoms with Crippen LogP contribution in [-0.2, 0) is 9.59 Å². The number of primary amides is 1. The molecule has 0 radical (unpaired) electrons. The van der Waals surface area contributed by atoms with Crippen LogP contribution >= 0.6 is 11.8 Å². The van der Waals surface area contributed by atoms with E-state index in [0.717, 1.165) is 4.90 Å². The fourth-order valence-electron chi connectivity index (χ4n) is 0.867. The van der Waals surface area contributed by atoms with E-state index in [9.17, 15) is 9.59 Å². The molecule has 0 aliphatic heterocycles. The van der Waals surface area contributed by atoms with Crippen LogP contribution in [0.1, 0.15) is 0 Å². The minimum atomic E-state index is -0.987.